The van der Waals surface area contributed by atoms with Gasteiger partial charge in [0.1, 0.15) is 11.4 Å². The minimum Gasteiger partial charge on any atom is -0.383 e. The van der Waals surface area contributed by atoms with E-state index in [0.717, 1.165) is 42.7 Å². The van der Waals surface area contributed by atoms with Crippen LogP contribution in [0.2, 0.25) is 5.02 Å². The van der Waals surface area contributed by atoms with Gasteiger partial charge in [-0.15, -0.1) is 0 Å². The highest BCUT2D eigenvalue weighted by atomic mass is 35.5. The number of carbonyl (C=O) groups excluding carboxylic acids is 2. The van der Waals surface area contributed by atoms with E-state index in [1.807, 2.05) is 12.1 Å². The first-order valence-corrected chi connectivity index (χ1v) is 10.6. The summed E-state index contributed by atoms with van der Waals surface area (Å²) in [7, 11) is 0. The lowest BCUT2D eigenvalue weighted by Crippen LogP contribution is -2.37. The van der Waals surface area contributed by atoms with E-state index in [-0.39, 0.29) is 23.7 Å². The first-order chi connectivity index (χ1) is 14.4. The predicted octanol–water partition coefficient (Wildman–Crippen LogP) is 2.67. The van der Waals surface area contributed by atoms with Gasteiger partial charge >= 0.3 is 0 Å². The number of halogens is 1. The van der Waals surface area contributed by atoms with Crippen LogP contribution in [-0.4, -0.2) is 39.1 Å². The predicted molar refractivity (Wildman–Crippen MR) is 116 cm³/mol. The van der Waals surface area contributed by atoms with Crippen LogP contribution in [0, 0.1) is 0 Å². The normalized spacial score (nSPS) is 20.8. The summed E-state index contributed by atoms with van der Waals surface area (Å²) in [6.07, 6.45) is 5.47. The van der Waals surface area contributed by atoms with Crippen molar-refractivity contribution in [2.75, 3.05) is 12.3 Å². The van der Waals surface area contributed by atoms with Crippen LogP contribution in [0.15, 0.2) is 30.9 Å². The number of benzene rings is 1. The van der Waals surface area contributed by atoms with E-state index < -0.39 is 5.91 Å². The molecule has 1 unspecified atom stereocenters. The Morgan fingerprint density at radius 3 is 2.87 bits per heavy atom. The lowest BCUT2D eigenvalue weighted by Gasteiger charge is -2.25. The molecule has 30 heavy (non-hydrogen) atoms. The first-order valence-electron chi connectivity index (χ1n) is 10.3. The van der Waals surface area contributed by atoms with Gasteiger partial charge in [0.2, 0.25) is 5.91 Å². The Balaban J connectivity index is 1.64. The molecule has 1 fully saturated rings. The van der Waals surface area contributed by atoms with E-state index in [4.69, 9.17) is 28.2 Å². The molecular formula is C22H26ClN5O2. The standard InChI is InChI=1S/C22H26ClN5O2/c1-2-18(29)27-10-4-6-15(27)12-28-21(24)19(22(25)30)20(26-28)14-8-9-16-13(11-14)5-3-7-17(16)23/h2-3,5,7,14-15H,1,4,6,8-12,24H2,(H2,25,30)/t14?,15-/m0/s1. The Morgan fingerprint density at radius 1 is 1.33 bits per heavy atom. The molecule has 158 valence electrons. The maximum absolute atomic E-state index is 12.2. The first kappa shape index (κ1) is 20.5. The summed E-state index contributed by atoms with van der Waals surface area (Å²) in [6, 6.07) is 5.88. The molecule has 2 aromatic rings. The zero-order valence-electron chi connectivity index (χ0n) is 16.8. The van der Waals surface area contributed by atoms with Gasteiger partial charge in [0.05, 0.1) is 18.3 Å². The fourth-order valence-corrected chi connectivity index (χ4v) is 5.09. The van der Waals surface area contributed by atoms with Crippen molar-refractivity contribution in [2.45, 2.75) is 50.6 Å². The Labute approximate surface area is 180 Å². The second-order valence-electron chi connectivity index (χ2n) is 8.04. The number of nitrogens with zero attached hydrogens (tertiary/aromatic N) is 3. The number of aromatic nitrogens is 2. The minimum absolute atomic E-state index is 0.0304. The summed E-state index contributed by atoms with van der Waals surface area (Å²) in [5.74, 6) is -0.362. The molecule has 2 heterocycles. The lowest BCUT2D eigenvalue weighted by atomic mass is 9.81. The van der Waals surface area contributed by atoms with Gasteiger partial charge in [-0.3, -0.25) is 9.59 Å². The summed E-state index contributed by atoms with van der Waals surface area (Å²) in [6.45, 7) is 4.70. The molecule has 7 nitrogen and oxygen atoms in total. The van der Waals surface area contributed by atoms with Crippen molar-refractivity contribution in [3.8, 4) is 0 Å². The monoisotopic (exact) mass is 427 g/mol. The smallest absolute Gasteiger partial charge is 0.254 e. The summed E-state index contributed by atoms with van der Waals surface area (Å²) in [4.78, 5) is 26.2. The molecular weight excluding hydrogens is 402 g/mol. The topological polar surface area (TPSA) is 107 Å². The van der Waals surface area contributed by atoms with Crippen LogP contribution in [0.1, 0.15) is 52.4 Å². The number of primary amides is 1. The molecule has 0 radical (unpaired) electrons. The second-order valence-corrected chi connectivity index (χ2v) is 8.45. The number of anilines is 1. The van der Waals surface area contributed by atoms with Gasteiger partial charge in [-0.05, 0) is 55.4 Å². The number of fused-ring (bicyclic) bond motifs is 1. The molecule has 8 heteroatoms. The van der Waals surface area contributed by atoms with Crippen molar-refractivity contribution < 1.29 is 9.59 Å². The molecule has 0 spiro atoms. The van der Waals surface area contributed by atoms with Crippen molar-refractivity contribution in [3.63, 3.8) is 0 Å². The van der Waals surface area contributed by atoms with E-state index >= 15 is 0 Å². The number of likely N-dealkylation sites (tertiary alicyclic amines) is 1. The molecule has 1 aromatic heterocycles. The maximum Gasteiger partial charge on any atom is 0.254 e. The highest BCUT2D eigenvalue weighted by Gasteiger charge is 2.33. The largest absolute Gasteiger partial charge is 0.383 e. The Hall–Kier alpha value is -2.80. The SMILES string of the molecule is C=CC(=O)N1CCC[C@H]1Cn1nc(C2CCc3c(Cl)cccc3C2)c(C(N)=O)c1N. The molecule has 2 amide bonds. The number of amides is 2. The minimum atomic E-state index is -0.573. The second kappa shape index (κ2) is 8.14. The molecule has 1 aromatic carbocycles. The number of carbonyl (C=O) groups is 2. The average Bonchev–Trinajstić information content (AvgIpc) is 3.32. The Morgan fingerprint density at radius 2 is 2.13 bits per heavy atom. The molecule has 4 rings (SSSR count). The fourth-order valence-electron chi connectivity index (χ4n) is 4.80. The van der Waals surface area contributed by atoms with Crippen molar-refractivity contribution in [1.82, 2.24) is 14.7 Å². The van der Waals surface area contributed by atoms with Gasteiger partial charge < -0.3 is 16.4 Å². The van der Waals surface area contributed by atoms with Gasteiger partial charge in [-0.1, -0.05) is 30.3 Å². The fraction of sp³-hybridized carbons (Fsp3) is 0.409. The van der Waals surface area contributed by atoms with Crippen LogP contribution in [-0.2, 0) is 24.2 Å². The molecule has 4 N–H and O–H groups in total. The summed E-state index contributed by atoms with van der Waals surface area (Å²) in [5, 5.41) is 5.50. The highest BCUT2D eigenvalue weighted by Crippen LogP contribution is 2.37. The van der Waals surface area contributed by atoms with Gasteiger partial charge in [0, 0.05) is 17.5 Å². The van der Waals surface area contributed by atoms with E-state index in [1.54, 1.807) is 9.58 Å². The molecule has 1 saturated heterocycles. The van der Waals surface area contributed by atoms with Crippen molar-refractivity contribution >= 4 is 29.2 Å². The van der Waals surface area contributed by atoms with Crippen molar-refractivity contribution in [1.29, 1.82) is 0 Å². The Bertz CT molecular complexity index is 1020. The summed E-state index contributed by atoms with van der Waals surface area (Å²) >= 11 is 6.34. The molecule has 1 aliphatic heterocycles. The number of nitrogens with two attached hydrogens (primary N) is 2. The summed E-state index contributed by atoms with van der Waals surface area (Å²) < 4.78 is 1.64. The maximum atomic E-state index is 12.2. The highest BCUT2D eigenvalue weighted by molar-refractivity contribution is 6.31. The molecule has 2 aliphatic rings. The number of rotatable bonds is 5. The third-order valence-electron chi connectivity index (χ3n) is 6.30. The van der Waals surface area contributed by atoms with Crippen molar-refractivity contribution in [2.24, 2.45) is 5.73 Å². The van der Waals surface area contributed by atoms with Crippen LogP contribution in [0.25, 0.3) is 0 Å². The third-order valence-corrected chi connectivity index (χ3v) is 6.65. The van der Waals surface area contributed by atoms with Crippen LogP contribution < -0.4 is 11.5 Å². The zero-order valence-corrected chi connectivity index (χ0v) is 17.6. The average molecular weight is 428 g/mol. The number of nitrogen functional groups attached to an aromatic ring is 1. The van der Waals surface area contributed by atoms with Crippen LogP contribution in [0.3, 0.4) is 0 Å². The summed E-state index contributed by atoms with van der Waals surface area (Å²) in [5.41, 5.74) is 15.3. The van der Waals surface area contributed by atoms with Crippen molar-refractivity contribution in [3.05, 3.63) is 58.3 Å². The number of hydrogen-bond acceptors (Lipinski definition) is 4. The van der Waals surface area contributed by atoms with E-state index in [2.05, 4.69) is 12.6 Å². The van der Waals surface area contributed by atoms with Crippen LogP contribution in [0.4, 0.5) is 5.82 Å². The van der Waals surface area contributed by atoms with Crippen LogP contribution in [0.5, 0.6) is 0 Å². The third kappa shape index (κ3) is 3.58. The van der Waals surface area contributed by atoms with Crippen LogP contribution >= 0.6 is 11.6 Å². The lowest BCUT2D eigenvalue weighted by molar-refractivity contribution is -0.127. The molecule has 0 saturated carbocycles. The van der Waals surface area contributed by atoms with E-state index in [9.17, 15) is 9.59 Å². The molecule has 2 atom stereocenters. The quantitative estimate of drug-likeness (QED) is 0.715. The van der Waals surface area contributed by atoms with Gasteiger partial charge in [0.15, 0.2) is 0 Å². The van der Waals surface area contributed by atoms with E-state index in [1.165, 1.54) is 11.6 Å². The molecule has 1 aliphatic carbocycles. The zero-order chi connectivity index (χ0) is 21.4. The number of hydrogen-bond donors (Lipinski definition) is 2. The Kier molecular flexibility index (Phi) is 5.56. The van der Waals surface area contributed by atoms with E-state index in [0.29, 0.717) is 24.3 Å². The molecule has 0 bridgehead atoms. The van der Waals surface area contributed by atoms with Gasteiger partial charge in [0.25, 0.3) is 5.91 Å². The van der Waals surface area contributed by atoms with Gasteiger partial charge in [-0.25, -0.2) is 4.68 Å². The van der Waals surface area contributed by atoms with Gasteiger partial charge in [-0.2, -0.15) is 5.10 Å².